The molecule has 168 valence electrons. The molecular weight excluding hydrogens is 402 g/mol. The van der Waals surface area contributed by atoms with Gasteiger partial charge in [0, 0.05) is 31.3 Å². The van der Waals surface area contributed by atoms with Gasteiger partial charge in [0.15, 0.2) is 6.79 Å². The average molecular weight is 431 g/mol. The summed E-state index contributed by atoms with van der Waals surface area (Å²) < 4.78 is 10.5. The van der Waals surface area contributed by atoms with Crippen molar-refractivity contribution in [2.24, 2.45) is 0 Å². The van der Waals surface area contributed by atoms with Crippen LogP contribution in [0.2, 0.25) is 0 Å². The smallest absolute Gasteiger partial charge is 0.254 e. The highest BCUT2D eigenvalue weighted by Gasteiger charge is 2.14. The number of hydrogen-bond donors (Lipinski definition) is 2. The summed E-state index contributed by atoms with van der Waals surface area (Å²) in [6.07, 6.45) is 3.87. The van der Waals surface area contributed by atoms with E-state index in [1.54, 1.807) is 19.2 Å². The summed E-state index contributed by atoms with van der Waals surface area (Å²) in [6.45, 7) is 0.416. The quantitative estimate of drug-likeness (QED) is 0.217. The summed E-state index contributed by atoms with van der Waals surface area (Å²) in [4.78, 5) is 23.6. The first-order valence-corrected chi connectivity index (χ1v) is 9.82. The molecule has 0 unspecified atom stereocenters. The SMILES string of the molecule is COCOc1ccc(/C=C/c2ccc(C(=O)N(CCO)CCO)cc2)cc1COOC. The Kier molecular flexibility index (Phi) is 10.7. The fourth-order valence-electron chi connectivity index (χ4n) is 2.87. The molecule has 2 N–H and O–H groups in total. The van der Waals surface area contributed by atoms with E-state index in [1.807, 2.05) is 42.5 Å². The fourth-order valence-corrected chi connectivity index (χ4v) is 2.87. The molecule has 2 aromatic rings. The molecule has 0 bridgehead atoms. The van der Waals surface area contributed by atoms with Gasteiger partial charge < -0.3 is 24.6 Å². The van der Waals surface area contributed by atoms with Gasteiger partial charge in [-0.15, -0.1) is 0 Å². The largest absolute Gasteiger partial charge is 0.467 e. The molecule has 0 aromatic heterocycles. The Hall–Kier alpha value is -2.75. The van der Waals surface area contributed by atoms with Gasteiger partial charge >= 0.3 is 0 Å². The summed E-state index contributed by atoms with van der Waals surface area (Å²) in [5.41, 5.74) is 3.17. The molecule has 0 aliphatic heterocycles. The van der Waals surface area contributed by atoms with Gasteiger partial charge in [-0.1, -0.05) is 30.4 Å². The number of aliphatic hydroxyl groups is 2. The molecule has 0 radical (unpaired) electrons. The maximum Gasteiger partial charge on any atom is 0.254 e. The van der Waals surface area contributed by atoms with E-state index in [4.69, 9.17) is 24.6 Å². The standard InChI is InChI=1S/C23H29NO7/c1-28-17-30-22-10-7-19(15-21(22)16-31-29-2)4-3-18-5-8-20(9-6-18)23(27)24(11-13-25)12-14-26/h3-10,15,25-26H,11-14,16-17H2,1-2H3/b4-3+. The number of hydrogen-bond acceptors (Lipinski definition) is 7. The van der Waals surface area contributed by atoms with Crippen LogP contribution in [0.1, 0.15) is 27.0 Å². The normalized spacial score (nSPS) is 11.1. The van der Waals surface area contributed by atoms with Gasteiger partial charge in [-0.3, -0.25) is 4.79 Å². The molecule has 0 saturated heterocycles. The molecular formula is C23H29NO7. The summed E-state index contributed by atoms with van der Waals surface area (Å²) >= 11 is 0. The molecule has 0 aliphatic rings. The van der Waals surface area contributed by atoms with E-state index in [1.165, 1.54) is 12.0 Å². The van der Waals surface area contributed by atoms with Crippen molar-refractivity contribution in [1.82, 2.24) is 4.90 Å². The van der Waals surface area contributed by atoms with E-state index in [-0.39, 0.29) is 45.6 Å². The Balaban J connectivity index is 2.11. The predicted molar refractivity (Wildman–Crippen MR) is 116 cm³/mol. The molecule has 1 amide bonds. The van der Waals surface area contributed by atoms with Gasteiger partial charge in [0.05, 0.1) is 20.3 Å². The van der Waals surface area contributed by atoms with Gasteiger partial charge in [0.25, 0.3) is 5.91 Å². The van der Waals surface area contributed by atoms with Crippen LogP contribution in [-0.4, -0.2) is 68.3 Å². The molecule has 31 heavy (non-hydrogen) atoms. The number of methoxy groups -OCH3 is 1. The van der Waals surface area contributed by atoms with Crippen LogP contribution in [0.25, 0.3) is 12.2 Å². The van der Waals surface area contributed by atoms with E-state index in [0.29, 0.717) is 11.3 Å². The van der Waals surface area contributed by atoms with Crippen LogP contribution in [0.15, 0.2) is 42.5 Å². The lowest BCUT2D eigenvalue weighted by Crippen LogP contribution is -2.35. The zero-order chi connectivity index (χ0) is 22.5. The molecule has 8 heteroatoms. The number of carbonyl (C=O) groups is 1. The molecule has 8 nitrogen and oxygen atoms in total. The van der Waals surface area contributed by atoms with Crippen molar-refractivity contribution < 1.29 is 34.3 Å². The highest BCUT2D eigenvalue weighted by Crippen LogP contribution is 2.23. The van der Waals surface area contributed by atoms with Crippen molar-refractivity contribution in [3.05, 3.63) is 64.7 Å². The molecule has 0 heterocycles. The van der Waals surface area contributed by atoms with Crippen molar-refractivity contribution in [3.8, 4) is 5.75 Å². The summed E-state index contributed by atoms with van der Waals surface area (Å²) in [5.74, 6) is 0.419. The van der Waals surface area contributed by atoms with Crippen LogP contribution in [0.4, 0.5) is 0 Å². The van der Waals surface area contributed by atoms with Gasteiger partial charge in [0.2, 0.25) is 0 Å². The number of nitrogens with zero attached hydrogens (tertiary/aromatic N) is 1. The Morgan fingerprint density at radius 1 is 0.968 bits per heavy atom. The van der Waals surface area contributed by atoms with Crippen molar-refractivity contribution in [3.63, 3.8) is 0 Å². The van der Waals surface area contributed by atoms with Gasteiger partial charge in [-0.2, -0.15) is 0 Å². The minimum absolute atomic E-state index is 0.133. The second-order valence-corrected chi connectivity index (χ2v) is 6.54. The van der Waals surface area contributed by atoms with Crippen LogP contribution in [0.5, 0.6) is 5.75 Å². The Morgan fingerprint density at radius 2 is 1.61 bits per heavy atom. The zero-order valence-electron chi connectivity index (χ0n) is 17.8. The van der Waals surface area contributed by atoms with Crippen LogP contribution in [-0.2, 0) is 21.1 Å². The molecule has 0 fully saturated rings. The molecule has 0 spiro atoms. The van der Waals surface area contributed by atoms with E-state index in [9.17, 15) is 4.79 Å². The van der Waals surface area contributed by atoms with Crippen LogP contribution in [0, 0.1) is 0 Å². The Labute approximate surface area is 182 Å². The number of benzene rings is 2. The number of carbonyl (C=O) groups excluding carboxylic acids is 1. The lowest BCUT2D eigenvalue weighted by molar-refractivity contribution is -0.282. The predicted octanol–water partition coefficient (Wildman–Crippen LogP) is 2.34. The highest BCUT2D eigenvalue weighted by atomic mass is 17.2. The molecule has 0 aliphatic carbocycles. The number of aliphatic hydroxyl groups excluding tert-OH is 2. The minimum Gasteiger partial charge on any atom is -0.467 e. The molecule has 0 atom stereocenters. The first-order chi connectivity index (χ1) is 15.1. The van der Waals surface area contributed by atoms with Crippen LogP contribution in [0.3, 0.4) is 0 Å². The second-order valence-electron chi connectivity index (χ2n) is 6.54. The van der Waals surface area contributed by atoms with Crippen LogP contribution < -0.4 is 4.74 Å². The molecule has 2 rings (SSSR count). The minimum atomic E-state index is -0.229. The van der Waals surface area contributed by atoms with Crippen molar-refractivity contribution in [2.75, 3.05) is 47.3 Å². The number of rotatable bonds is 13. The van der Waals surface area contributed by atoms with Crippen molar-refractivity contribution in [2.45, 2.75) is 6.61 Å². The third kappa shape index (κ3) is 7.78. The van der Waals surface area contributed by atoms with E-state index in [2.05, 4.69) is 4.89 Å². The third-order valence-corrected chi connectivity index (χ3v) is 4.40. The molecule has 2 aromatic carbocycles. The first-order valence-electron chi connectivity index (χ1n) is 9.82. The Bertz CT molecular complexity index is 830. The highest BCUT2D eigenvalue weighted by molar-refractivity contribution is 5.94. The monoisotopic (exact) mass is 431 g/mol. The fraction of sp³-hybridized carbons (Fsp3) is 0.348. The number of amides is 1. The first kappa shape index (κ1) is 24.5. The lowest BCUT2D eigenvalue weighted by atomic mass is 10.1. The average Bonchev–Trinajstić information content (AvgIpc) is 2.80. The van der Waals surface area contributed by atoms with Gasteiger partial charge in [-0.25, -0.2) is 9.78 Å². The third-order valence-electron chi connectivity index (χ3n) is 4.40. The van der Waals surface area contributed by atoms with Gasteiger partial charge in [-0.05, 0) is 35.4 Å². The Morgan fingerprint density at radius 3 is 2.23 bits per heavy atom. The van der Waals surface area contributed by atoms with E-state index < -0.39 is 0 Å². The topological polar surface area (TPSA) is 97.7 Å². The van der Waals surface area contributed by atoms with Gasteiger partial charge in [0.1, 0.15) is 12.4 Å². The van der Waals surface area contributed by atoms with E-state index in [0.717, 1.165) is 16.7 Å². The number of ether oxygens (including phenoxy) is 2. The van der Waals surface area contributed by atoms with E-state index >= 15 is 0 Å². The maximum absolute atomic E-state index is 12.5. The molecule has 0 saturated carbocycles. The van der Waals surface area contributed by atoms with Crippen molar-refractivity contribution in [1.29, 1.82) is 0 Å². The van der Waals surface area contributed by atoms with Crippen molar-refractivity contribution >= 4 is 18.1 Å². The summed E-state index contributed by atoms with van der Waals surface area (Å²) in [7, 11) is 3.00. The summed E-state index contributed by atoms with van der Waals surface area (Å²) in [5, 5.41) is 18.2. The van der Waals surface area contributed by atoms with Crippen LogP contribution >= 0.6 is 0 Å². The maximum atomic E-state index is 12.5. The zero-order valence-corrected chi connectivity index (χ0v) is 17.8. The lowest BCUT2D eigenvalue weighted by Gasteiger charge is -2.20. The second kappa shape index (κ2) is 13.5. The summed E-state index contributed by atoms with van der Waals surface area (Å²) in [6, 6.07) is 12.8.